The summed E-state index contributed by atoms with van der Waals surface area (Å²) in [7, 11) is -1.79. The lowest BCUT2D eigenvalue weighted by Crippen LogP contribution is -2.30. The van der Waals surface area contributed by atoms with Crippen molar-refractivity contribution in [3.05, 3.63) is 29.8 Å². The third-order valence-corrected chi connectivity index (χ3v) is 5.47. The highest BCUT2D eigenvalue weighted by molar-refractivity contribution is 7.92. The molecular formula is C16H24N2O3S. The molecule has 0 heterocycles. The summed E-state index contributed by atoms with van der Waals surface area (Å²) in [6.45, 7) is 0.726. The Morgan fingerprint density at radius 3 is 2.32 bits per heavy atom. The molecule has 0 aliphatic heterocycles. The second-order valence-electron chi connectivity index (χ2n) is 5.99. The fourth-order valence-corrected chi connectivity index (χ4v) is 3.25. The van der Waals surface area contributed by atoms with Crippen molar-refractivity contribution in [3.63, 3.8) is 0 Å². The van der Waals surface area contributed by atoms with E-state index >= 15 is 0 Å². The number of carbonyl (C=O) groups excluding carboxylic acids is 1. The predicted octanol–water partition coefficient (Wildman–Crippen LogP) is 2.39. The Kier molecular flexibility index (Phi) is 5.45. The molecule has 1 aromatic rings. The largest absolute Gasteiger partial charge is 0.352 e. The third-order valence-electron chi connectivity index (χ3n) is 4.27. The van der Waals surface area contributed by atoms with Crippen molar-refractivity contribution in [2.75, 3.05) is 24.2 Å². The minimum atomic E-state index is -3.28. The first-order valence-corrected chi connectivity index (χ1v) is 9.55. The van der Waals surface area contributed by atoms with Crippen LogP contribution in [0.15, 0.2) is 24.3 Å². The van der Waals surface area contributed by atoms with Crippen molar-refractivity contribution in [3.8, 4) is 0 Å². The number of anilines is 1. The molecule has 22 heavy (non-hydrogen) atoms. The maximum Gasteiger partial charge on any atom is 0.251 e. The Morgan fingerprint density at radius 2 is 1.77 bits per heavy atom. The SMILES string of the molecule is CN(c1ccc(C(=O)NCC2CCCCC2)cc1)S(C)(=O)=O. The molecule has 1 aliphatic carbocycles. The second-order valence-corrected chi connectivity index (χ2v) is 8.01. The van der Waals surface area contributed by atoms with Crippen LogP contribution >= 0.6 is 0 Å². The molecule has 1 aromatic carbocycles. The summed E-state index contributed by atoms with van der Waals surface area (Å²) in [6, 6.07) is 6.62. The minimum absolute atomic E-state index is 0.0980. The summed E-state index contributed by atoms with van der Waals surface area (Å²) in [5.74, 6) is 0.493. The van der Waals surface area contributed by atoms with Gasteiger partial charge in [-0.05, 0) is 43.0 Å². The monoisotopic (exact) mass is 324 g/mol. The van der Waals surface area contributed by atoms with Crippen LogP contribution in [0.3, 0.4) is 0 Å². The topological polar surface area (TPSA) is 66.5 Å². The third kappa shape index (κ3) is 4.47. The number of nitrogens with one attached hydrogen (secondary N) is 1. The van der Waals surface area contributed by atoms with Crippen LogP contribution in [0, 0.1) is 5.92 Å². The van der Waals surface area contributed by atoms with Gasteiger partial charge in [0, 0.05) is 19.2 Å². The fraction of sp³-hybridized carbons (Fsp3) is 0.562. The van der Waals surface area contributed by atoms with E-state index in [1.165, 1.54) is 43.5 Å². The van der Waals surface area contributed by atoms with E-state index in [0.717, 1.165) is 12.8 Å². The van der Waals surface area contributed by atoms with Crippen LogP contribution in [0.25, 0.3) is 0 Å². The van der Waals surface area contributed by atoms with E-state index in [9.17, 15) is 13.2 Å². The molecule has 1 saturated carbocycles. The lowest BCUT2D eigenvalue weighted by atomic mass is 9.89. The molecule has 1 aliphatic rings. The van der Waals surface area contributed by atoms with Gasteiger partial charge >= 0.3 is 0 Å². The number of rotatable bonds is 5. The van der Waals surface area contributed by atoms with E-state index in [1.807, 2.05) is 0 Å². The minimum Gasteiger partial charge on any atom is -0.352 e. The zero-order chi connectivity index (χ0) is 16.2. The van der Waals surface area contributed by atoms with Crippen LogP contribution in [-0.4, -0.2) is 34.2 Å². The molecule has 0 saturated heterocycles. The fourth-order valence-electron chi connectivity index (χ4n) is 2.74. The molecule has 0 radical (unpaired) electrons. The molecular weight excluding hydrogens is 300 g/mol. The molecule has 0 aromatic heterocycles. The average molecular weight is 324 g/mol. The smallest absolute Gasteiger partial charge is 0.251 e. The number of sulfonamides is 1. The molecule has 0 unspecified atom stereocenters. The lowest BCUT2D eigenvalue weighted by Gasteiger charge is -2.21. The van der Waals surface area contributed by atoms with Crippen LogP contribution in [-0.2, 0) is 10.0 Å². The first-order chi connectivity index (χ1) is 10.4. The highest BCUT2D eigenvalue weighted by Gasteiger charge is 2.16. The zero-order valence-electron chi connectivity index (χ0n) is 13.2. The van der Waals surface area contributed by atoms with Crippen molar-refractivity contribution in [2.24, 2.45) is 5.92 Å². The number of hydrogen-bond donors (Lipinski definition) is 1. The Balaban J connectivity index is 1.93. The molecule has 6 heteroatoms. The van der Waals surface area contributed by atoms with Crippen molar-refractivity contribution in [1.29, 1.82) is 0 Å². The molecule has 0 atom stereocenters. The van der Waals surface area contributed by atoms with E-state index < -0.39 is 10.0 Å². The summed E-state index contributed by atoms with van der Waals surface area (Å²) >= 11 is 0. The maximum atomic E-state index is 12.1. The van der Waals surface area contributed by atoms with Crippen molar-refractivity contribution in [1.82, 2.24) is 5.32 Å². The Morgan fingerprint density at radius 1 is 1.18 bits per heavy atom. The van der Waals surface area contributed by atoms with Crippen molar-refractivity contribution in [2.45, 2.75) is 32.1 Å². The van der Waals surface area contributed by atoms with Gasteiger partial charge in [-0.2, -0.15) is 0 Å². The maximum absolute atomic E-state index is 12.1. The van der Waals surface area contributed by atoms with Crippen LogP contribution in [0.2, 0.25) is 0 Å². The van der Waals surface area contributed by atoms with Gasteiger partial charge in [0.2, 0.25) is 10.0 Å². The Hall–Kier alpha value is -1.56. The number of nitrogens with zero attached hydrogens (tertiary/aromatic N) is 1. The van der Waals surface area contributed by atoms with Crippen LogP contribution in [0.1, 0.15) is 42.5 Å². The van der Waals surface area contributed by atoms with Gasteiger partial charge in [0.15, 0.2) is 0 Å². The van der Waals surface area contributed by atoms with E-state index in [4.69, 9.17) is 0 Å². The first kappa shape index (κ1) is 16.8. The highest BCUT2D eigenvalue weighted by Crippen LogP contribution is 2.23. The van der Waals surface area contributed by atoms with Gasteiger partial charge in [-0.15, -0.1) is 0 Å². The highest BCUT2D eigenvalue weighted by atomic mass is 32.2. The molecule has 0 spiro atoms. The average Bonchev–Trinajstić information content (AvgIpc) is 2.52. The van der Waals surface area contributed by atoms with Gasteiger partial charge < -0.3 is 5.32 Å². The quantitative estimate of drug-likeness (QED) is 0.904. The molecule has 5 nitrogen and oxygen atoms in total. The summed E-state index contributed by atoms with van der Waals surface area (Å²) in [5, 5.41) is 2.98. The normalized spacial score (nSPS) is 16.3. The van der Waals surface area contributed by atoms with Gasteiger partial charge in [0.05, 0.1) is 11.9 Å². The Labute approximate surface area is 132 Å². The first-order valence-electron chi connectivity index (χ1n) is 7.70. The van der Waals surface area contributed by atoms with Gasteiger partial charge in [0.1, 0.15) is 0 Å². The molecule has 0 bridgehead atoms. The number of hydrogen-bond acceptors (Lipinski definition) is 3. The zero-order valence-corrected chi connectivity index (χ0v) is 14.0. The molecule has 2 rings (SSSR count). The number of benzene rings is 1. The summed E-state index contributed by atoms with van der Waals surface area (Å²) in [4.78, 5) is 12.1. The van der Waals surface area contributed by atoms with Crippen molar-refractivity contribution >= 4 is 21.6 Å². The summed E-state index contributed by atoms with van der Waals surface area (Å²) in [6.07, 6.45) is 7.36. The summed E-state index contributed by atoms with van der Waals surface area (Å²) < 4.78 is 24.1. The predicted molar refractivity (Wildman–Crippen MR) is 88.6 cm³/mol. The molecule has 1 amide bonds. The van der Waals surface area contributed by atoms with Gasteiger partial charge in [-0.1, -0.05) is 19.3 Å². The van der Waals surface area contributed by atoms with Gasteiger partial charge in [-0.25, -0.2) is 8.42 Å². The molecule has 1 N–H and O–H groups in total. The lowest BCUT2D eigenvalue weighted by molar-refractivity contribution is 0.0943. The van der Waals surface area contributed by atoms with E-state index in [-0.39, 0.29) is 5.91 Å². The Bertz CT molecular complexity index is 605. The van der Waals surface area contributed by atoms with Crippen LogP contribution in [0.4, 0.5) is 5.69 Å². The molecule has 122 valence electrons. The van der Waals surface area contributed by atoms with E-state index in [1.54, 1.807) is 24.3 Å². The molecule has 1 fully saturated rings. The van der Waals surface area contributed by atoms with Gasteiger partial charge in [0.25, 0.3) is 5.91 Å². The van der Waals surface area contributed by atoms with E-state index in [0.29, 0.717) is 17.2 Å². The number of carbonyl (C=O) groups is 1. The standard InChI is InChI=1S/C16H24N2O3S/c1-18(22(2,20)21)15-10-8-14(9-11-15)16(19)17-12-13-6-4-3-5-7-13/h8-11,13H,3-7,12H2,1-2H3,(H,17,19). The summed E-state index contributed by atoms with van der Waals surface area (Å²) in [5.41, 5.74) is 1.10. The van der Waals surface area contributed by atoms with Gasteiger partial charge in [-0.3, -0.25) is 9.10 Å². The second kappa shape index (κ2) is 7.13. The van der Waals surface area contributed by atoms with Crippen LogP contribution in [0.5, 0.6) is 0 Å². The number of amides is 1. The van der Waals surface area contributed by atoms with E-state index in [2.05, 4.69) is 5.32 Å². The van der Waals surface area contributed by atoms with Crippen molar-refractivity contribution < 1.29 is 13.2 Å². The van der Waals surface area contributed by atoms with Crippen LogP contribution < -0.4 is 9.62 Å².